The van der Waals surface area contributed by atoms with Gasteiger partial charge in [-0.15, -0.1) is 11.3 Å². The minimum atomic E-state index is -0.869. The lowest BCUT2D eigenvalue weighted by atomic mass is 9.95. The molecule has 0 spiro atoms. The first-order valence-corrected chi connectivity index (χ1v) is 7.35. The zero-order chi connectivity index (χ0) is 14.0. The molecule has 1 fully saturated rings. The van der Waals surface area contributed by atoms with Crippen molar-refractivity contribution in [3.05, 3.63) is 11.1 Å². The van der Waals surface area contributed by atoms with Gasteiger partial charge in [0.2, 0.25) is 5.91 Å². The number of carbonyl (C=O) groups is 2. The van der Waals surface area contributed by atoms with Crippen molar-refractivity contribution in [2.24, 2.45) is 17.8 Å². The quantitative estimate of drug-likeness (QED) is 0.889. The highest BCUT2D eigenvalue weighted by Gasteiger charge is 2.42. The first kappa shape index (κ1) is 14.0. The second-order valence-corrected chi connectivity index (χ2v) is 5.94. The normalized spacial score (nSPS) is 26.3. The SMILES string of the molecule is CCC1CC(C(=O)O)C(C(=O)Nc2nc(C)cs2)C1. The first-order chi connectivity index (χ1) is 9.01. The number of aryl methyl sites for hydroxylation is 1. The Hall–Kier alpha value is -1.43. The van der Waals surface area contributed by atoms with Gasteiger partial charge < -0.3 is 10.4 Å². The van der Waals surface area contributed by atoms with Crippen molar-refractivity contribution in [1.82, 2.24) is 4.98 Å². The van der Waals surface area contributed by atoms with Crippen LogP contribution in [0.1, 0.15) is 31.9 Å². The molecule has 5 nitrogen and oxygen atoms in total. The van der Waals surface area contributed by atoms with Crippen LogP contribution in [0, 0.1) is 24.7 Å². The third kappa shape index (κ3) is 3.12. The van der Waals surface area contributed by atoms with Gasteiger partial charge in [-0.25, -0.2) is 4.98 Å². The van der Waals surface area contributed by atoms with E-state index >= 15 is 0 Å². The molecule has 0 aliphatic heterocycles. The number of aliphatic carboxylic acids is 1. The zero-order valence-corrected chi connectivity index (χ0v) is 11.9. The Bertz CT molecular complexity index is 486. The number of carbonyl (C=O) groups excluding carboxylic acids is 1. The number of rotatable bonds is 4. The van der Waals surface area contributed by atoms with E-state index in [1.807, 2.05) is 19.2 Å². The summed E-state index contributed by atoms with van der Waals surface area (Å²) in [5.74, 6) is -1.75. The number of anilines is 1. The number of thiazole rings is 1. The van der Waals surface area contributed by atoms with Crippen molar-refractivity contribution in [2.45, 2.75) is 33.1 Å². The summed E-state index contributed by atoms with van der Waals surface area (Å²) in [6.07, 6.45) is 2.17. The second-order valence-electron chi connectivity index (χ2n) is 5.08. The number of hydrogen-bond donors (Lipinski definition) is 2. The molecule has 0 bridgehead atoms. The van der Waals surface area contributed by atoms with E-state index in [2.05, 4.69) is 10.3 Å². The Morgan fingerprint density at radius 2 is 2.16 bits per heavy atom. The molecule has 104 valence electrons. The summed E-state index contributed by atoms with van der Waals surface area (Å²) in [6.45, 7) is 3.89. The van der Waals surface area contributed by atoms with E-state index in [0.717, 1.165) is 12.1 Å². The van der Waals surface area contributed by atoms with E-state index in [-0.39, 0.29) is 5.91 Å². The minimum absolute atomic E-state index is 0.210. The Balaban J connectivity index is 2.06. The lowest BCUT2D eigenvalue weighted by Gasteiger charge is -2.14. The van der Waals surface area contributed by atoms with Gasteiger partial charge in [0.1, 0.15) is 0 Å². The molecule has 6 heteroatoms. The molecule has 3 atom stereocenters. The van der Waals surface area contributed by atoms with Gasteiger partial charge in [-0.3, -0.25) is 9.59 Å². The number of carboxylic acid groups (broad SMARTS) is 1. The van der Waals surface area contributed by atoms with Crippen LogP contribution in [0.15, 0.2) is 5.38 Å². The summed E-state index contributed by atoms with van der Waals surface area (Å²) < 4.78 is 0. The van der Waals surface area contributed by atoms with Crippen LogP contribution in [0.3, 0.4) is 0 Å². The zero-order valence-electron chi connectivity index (χ0n) is 11.0. The fourth-order valence-corrected chi connectivity index (χ4v) is 3.34. The molecular formula is C13H18N2O3S. The van der Waals surface area contributed by atoms with Crippen molar-refractivity contribution in [3.8, 4) is 0 Å². The van der Waals surface area contributed by atoms with Gasteiger partial charge in [0, 0.05) is 5.38 Å². The van der Waals surface area contributed by atoms with Crippen molar-refractivity contribution in [3.63, 3.8) is 0 Å². The van der Waals surface area contributed by atoms with Crippen LogP contribution in [-0.2, 0) is 9.59 Å². The molecule has 2 N–H and O–H groups in total. The number of hydrogen-bond acceptors (Lipinski definition) is 4. The molecule has 19 heavy (non-hydrogen) atoms. The van der Waals surface area contributed by atoms with E-state index in [1.54, 1.807) is 0 Å². The molecule has 1 saturated carbocycles. The predicted molar refractivity (Wildman–Crippen MR) is 73.1 cm³/mol. The maximum Gasteiger partial charge on any atom is 0.307 e. The summed E-state index contributed by atoms with van der Waals surface area (Å²) in [6, 6.07) is 0. The maximum absolute atomic E-state index is 12.2. The number of aromatic nitrogens is 1. The number of carboxylic acids is 1. The highest BCUT2D eigenvalue weighted by atomic mass is 32.1. The molecule has 1 aromatic heterocycles. The lowest BCUT2D eigenvalue weighted by molar-refractivity contribution is -0.145. The number of nitrogens with one attached hydrogen (secondary N) is 1. The second kappa shape index (κ2) is 5.69. The maximum atomic E-state index is 12.2. The minimum Gasteiger partial charge on any atom is -0.481 e. The van der Waals surface area contributed by atoms with Gasteiger partial charge in [0.25, 0.3) is 0 Å². The fourth-order valence-electron chi connectivity index (χ4n) is 2.65. The molecule has 1 aromatic rings. The Morgan fingerprint density at radius 3 is 2.68 bits per heavy atom. The smallest absolute Gasteiger partial charge is 0.307 e. The Labute approximate surface area is 116 Å². The van der Waals surface area contributed by atoms with Crippen LogP contribution in [0.25, 0.3) is 0 Å². The van der Waals surface area contributed by atoms with Crippen molar-refractivity contribution < 1.29 is 14.7 Å². The Kier molecular flexibility index (Phi) is 4.19. The molecule has 0 saturated heterocycles. The number of amides is 1. The van der Waals surface area contributed by atoms with Crippen molar-refractivity contribution in [1.29, 1.82) is 0 Å². The summed E-state index contributed by atoms with van der Waals surface area (Å²) in [5, 5.41) is 14.4. The van der Waals surface area contributed by atoms with Gasteiger partial charge in [0.05, 0.1) is 17.5 Å². The standard InChI is InChI=1S/C13H18N2O3S/c1-3-8-4-9(10(5-8)12(17)18)11(16)15-13-14-7(2)6-19-13/h6,8-10H,3-5H2,1-2H3,(H,17,18)(H,14,15,16). The average Bonchev–Trinajstić information content (AvgIpc) is 2.95. The number of nitrogens with zero attached hydrogens (tertiary/aromatic N) is 1. The van der Waals surface area contributed by atoms with Crippen LogP contribution in [-0.4, -0.2) is 22.0 Å². The van der Waals surface area contributed by atoms with Gasteiger partial charge >= 0.3 is 5.97 Å². The van der Waals surface area contributed by atoms with Gasteiger partial charge in [-0.2, -0.15) is 0 Å². The molecule has 3 unspecified atom stereocenters. The molecule has 1 aliphatic rings. The largest absolute Gasteiger partial charge is 0.481 e. The Morgan fingerprint density at radius 1 is 1.47 bits per heavy atom. The van der Waals surface area contributed by atoms with Crippen molar-refractivity contribution in [2.75, 3.05) is 5.32 Å². The average molecular weight is 282 g/mol. The van der Waals surface area contributed by atoms with E-state index in [4.69, 9.17) is 0 Å². The summed E-state index contributed by atoms with van der Waals surface area (Å²) >= 11 is 1.36. The highest BCUT2D eigenvalue weighted by molar-refractivity contribution is 7.13. The van der Waals surface area contributed by atoms with E-state index in [1.165, 1.54) is 11.3 Å². The molecule has 2 rings (SSSR count). The summed E-state index contributed by atoms with van der Waals surface area (Å²) in [7, 11) is 0. The van der Waals surface area contributed by atoms with Gasteiger partial charge in [-0.05, 0) is 25.7 Å². The van der Waals surface area contributed by atoms with E-state index in [9.17, 15) is 14.7 Å². The topological polar surface area (TPSA) is 79.3 Å². The van der Waals surface area contributed by atoms with Gasteiger partial charge in [-0.1, -0.05) is 13.3 Å². The van der Waals surface area contributed by atoms with Crippen molar-refractivity contribution >= 4 is 28.3 Å². The third-order valence-electron chi connectivity index (χ3n) is 3.74. The molecular weight excluding hydrogens is 264 g/mol. The van der Waals surface area contributed by atoms with Crippen LogP contribution in [0.5, 0.6) is 0 Å². The van der Waals surface area contributed by atoms with Crippen LogP contribution >= 0.6 is 11.3 Å². The predicted octanol–water partition coefficient (Wildman–Crippen LogP) is 2.53. The summed E-state index contributed by atoms with van der Waals surface area (Å²) in [4.78, 5) is 27.6. The molecule has 1 amide bonds. The van der Waals surface area contributed by atoms with Crippen LogP contribution < -0.4 is 5.32 Å². The van der Waals surface area contributed by atoms with E-state index in [0.29, 0.717) is 23.9 Å². The molecule has 0 aromatic carbocycles. The lowest BCUT2D eigenvalue weighted by Crippen LogP contribution is -2.29. The molecule has 1 heterocycles. The first-order valence-electron chi connectivity index (χ1n) is 6.47. The van der Waals surface area contributed by atoms with Crippen LogP contribution in [0.2, 0.25) is 0 Å². The third-order valence-corrected chi connectivity index (χ3v) is 4.62. The summed E-state index contributed by atoms with van der Waals surface area (Å²) in [5.41, 5.74) is 0.855. The monoisotopic (exact) mass is 282 g/mol. The van der Waals surface area contributed by atoms with Gasteiger partial charge in [0.15, 0.2) is 5.13 Å². The molecule has 1 aliphatic carbocycles. The van der Waals surface area contributed by atoms with Crippen LogP contribution in [0.4, 0.5) is 5.13 Å². The highest BCUT2D eigenvalue weighted by Crippen LogP contribution is 2.39. The van der Waals surface area contributed by atoms with E-state index < -0.39 is 17.8 Å². The fraction of sp³-hybridized carbons (Fsp3) is 0.615. The molecule has 0 radical (unpaired) electrons.